The Hall–Kier alpha value is -1.62. The molecule has 88 valence electrons. The second-order valence-electron chi connectivity index (χ2n) is 3.78. The average molecular weight is 247 g/mol. The summed E-state index contributed by atoms with van der Waals surface area (Å²) in [6, 6.07) is 7.60. The van der Waals surface area contributed by atoms with Crippen LogP contribution in [-0.4, -0.2) is 26.7 Å². The van der Waals surface area contributed by atoms with Crippen molar-refractivity contribution in [1.82, 2.24) is 15.2 Å². The van der Waals surface area contributed by atoms with Crippen LogP contribution < -0.4 is 0 Å². The smallest absolute Gasteiger partial charge is 0.208 e. The van der Waals surface area contributed by atoms with Crippen molar-refractivity contribution < 1.29 is 4.79 Å². The number of H-pyrrole nitrogens is 1. The minimum Gasteiger partial charge on any atom is -0.293 e. The van der Waals surface area contributed by atoms with Gasteiger partial charge < -0.3 is 0 Å². The van der Waals surface area contributed by atoms with Gasteiger partial charge in [0.1, 0.15) is 5.82 Å². The van der Waals surface area contributed by atoms with Gasteiger partial charge in [-0.3, -0.25) is 9.89 Å². The second kappa shape index (κ2) is 5.14. The van der Waals surface area contributed by atoms with E-state index in [1.165, 1.54) is 11.8 Å². The van der Waals surface area contributed by atoms with Crippen LogP contribution in [0.15, 0.2) is 29.4 Å². The number of hydrogen-bond acceptors (Lipinski definition) is 4. The highest BCUT2D eigenvalue weighted by Crippen LogP contribution is 2.15. The Kier molecular flexibility index (Phi) is 3.58. The van der Waals surface area contributed by atoms with Crippen molar-refractivity contribution >= 4 is 17.5 Å². The molecule has 0 fully saturated rings. The number of thioether (sulfide) groups is 1. The fourth-order valence-electron chi connectivity index (χ4n) is 1.42. The minimum atomic E-state index is 0.0983. The molecule has 0 aliphatic heterocycles. The van der Waals surface area contributed by atoms with Gasteiger partial charge in [0, 0.05) is 5.56 Å². The number of rotatable bonds is 4. The molecule has 0 saturated carbocycles. The van der Waals surface area contributed by atoms with Gasteiger partial charge in [0.05, 0.1) is 5.75 Å². The van der Waals surface area contributed by atoms with Gasteiger partial charge in [0.2, 0.25) is 5.16 Å². The van der Waals surface area contributed by atoms with Crippen LogP contribution in [0.5, 0.6) is 0 Å². The Morgan fingerprint density at radius 3 is 2.88 bits per heavy atom. The zero-order chi connectivity index (χ0) is 12.3. The Bertz CT molecular complexity index is 536. The van der Waals surface area contributed by atoms with Crippen molar-refractivity contribution in [2.45, 2.75) is 19.0 Å². The summed E-state index contributed by atoms with van der Waals surface area (Å²) in [5.74, 6) is 1.22. The van der Waals surface area contributed by atoms with E-state index in [1.807, 2.05) is 38.1 Å². The van der Waals surface area contributed by atoms with E-state index in [0.717, 1.165) is 17.0 Å². The lowest BCUT2D eigenvalue weighted by atomic mass is 10.1. The maximum absolute atomic E-state index is 11.9. The molecular weight excluding hydrogens is 234 g/mol. The molecule has 4 nitrogen and oxygen atoms in total. The van der Waals surface area contributed by atoms with E-state index >= 15 is 0 Å². The third-order valence-electron chi connectivity index (χ3n) is 2.25. The number of carbonyl (C=O) groups is 1. The highest BCUT2D eigenvalue weighted by molar-refractivity contribution is 7.99. The van der Waals surface area contributed by atoms with Crippen LogP contribution in [0, 0.1) is 13.8 Å². The molecule has 0 spiro atoms. The summed E-state index contributed by atoms with van der Waals surface area (Å²) in [6.07, 6.45) is 0. The Labute approximate surface area is 104 Å². The Balaban J connectivity index is 1.98. The summed E-state index contributed by atoms with van der Waals surface area (Å²) in [7, 11) is 0. The molecule has 0 aliphatic carbocycles. The van der Waals surface area contributed by atoms with E-state index in [-0.39, 0.29) is 5.78 Å². The van der Waals surface area contributed by atoms with E-state index in [4.69, 9.17) is 0 Å². The van der Waals surface area contributed by atoms with Crippen LogP contribution in [0.4, 0.5) is 0 Å². The van der Waals surface area contributed by atoms with Crippen LogP contribution >= 0.6 is 11.8 Å². The molecule has 2 rings (SSSR count). The molecule has 1 N–H and O–H groups in total. The lowest BCUT2D eigenvalue weighted by Gasteiger charge is -2.00. The molecule has 2 aromatic rings. The molecular formula is C12H13N3OS. The van der Waals surface area contributed by atoms with E-state index < -0.39 is 0 Å². The number of nitrogens with one attached hydrogen (secondary N) is 1. The van der Waals surface area contributed by atoms with Gasteiger partial charge >= 0.3 is 0 Å². The Morgan fingerprint density at radius 1 is 1.41 bits per heavy atom. The summed E-state index contributed by atoms with van der Waals surface area (Å²) in [5, 5.41) is 7.34. The number of carbonyl (C=O) groups excluding carboxylic acids is 1. The number of aromatic amines is 1. The van der Waals surface area contributed by atoms with Gasteiger partial charge in [-0.15, -0.1) is 5.10 Å². The van der Waals surface area contributed by atoms with Gasteiger partial charge in [-0.1, -0.05) is 35.5 Å². The highest BCUT2D eigenvalue weighted by atomic mass is 32.2. The lowest BCUT2D eigenvalue weighted by Crippen LogP contribution is -2.02. The fourth-order valence-corrected chi connectivity index (χ4v) is 2.16. The predicted molar refractivity (Wildman–Crippen MR) is 67.4 cm³/mol. The topological polar surface area (TPSA) is 58.6 Å². The number of nitrogens with zero attached hydrogens (tertiary/aromatic N) is 2. The zero-order valence-corrected chi connectivity index (χ0v) is 10.5. The zero-order valence-electron chi connectivity index (χ0n) is 9.73. The molecule has 0 unspecified atom stereocenters. The molecule has 0 amide bonds. The van der Waals surface area contributed by atoms with Gasteiger partial charge in [-0.25, -0.2) is 4.98 Å². The van der Waals surface area contributed by atoms with Gasteiger partial charge in [0.25, 0.3) is 0 Å². The number of aryl methyl sites for hydroxylation is 2. The summed E-state index contributed by atoms with van der Waals surface area (Å²) in [4.78, 5) is 16.0. The van der Waals surface area contributed by atoms with Crippen molar-refractivity contribution in [1.29, 1.82) is 0 Å². The number of Topliss-reactive ketones (excluding diaryl/α,β-unsaturated/α-hetero) is 1. The molecule has 0 saturated heterocycles. The fraction of sp³-hybridized carbons (Fsp3) is 0.250. The molecule has 1 heterocycles. The number of ketones is 1. The third kappa shape index (κ3) is 3.17. The molecule has 17 heavy (non-hydrogen) atoms. The maximum atomic E-state index is 11.9. The van der Waals surface area contributed by atoms with E-state index in [1.54, 1.807) is 0 Å². The quantitative estimate of drug-likeness (QED) is 0.665. The first-order valence-electron chi connectivity index (χ1n) is 5.27. The largest absolute Gasteiger partial charge is 0.293 e. The first-order valence-corrected chi connectivity index (χ1v) is 6.25. The van der Waals surface area contributed by atoms with Crippen LogP contribution in [0.3, 0.4) is 0 Å². The summed E-state index contributed by atoms with van der Waals surface area (Å²) >= 11 is 1.35. The van der Waals surface area contributed by atoms with Crippen LogP contribution in [0.25, 0.3) is 0 Å². The standard InChI is InChI=1S/C12H13N3OS/c1-8-4-3-5-10(6-8)11(16)7-17-12-13-9(2)14-15-12/h3-6H,7H2,1-2H3,(H,13,14,15). The monoisotopic (exact) mass is 247 g/mol. The third-order valence-corrected chi connectivity index (χ3v) is 3.10. The molecule has 0 atom stereocenters. The first kappa shape index (κ1) is 11.9. The number of benzene rings is 1. The van der Waals surface area contributed by atoms with Gasteiger partial charge in [-0.2, -0.15) is 0 Å². The normalized spacial score (nSPS) is 10.5. The van der Waals surface area contributed by atoms with Crippen molar-refractivity contribution in [2.24, 2.45) is 0 Å². The first-order chi connectivity index (χ1) is 8.15. The number of hydrogen-bond donors (Lipinski definition) is 1. The van der Waals surface area contributed by atoms with E-state index in [9.17, 15) is 4.79 Å². The summed E-state index contributed by atoms with van der Waals surface area (Å²) in [5.41, 5.74) is 1.83. The van der Waals surface area contributed by atoms with Crippen LogP contribution in [0.1, 0.15) is 21.7 Å². The number of aromatic nitrogens is 3. The predicted octanol–water partition coefficient (Wildman–Crippen LogP) is 2.40. The van der Waals surface area contributed by atoms with Crippen molar-refractivity contribution in [3.05, 3.63) is 41.2 Å². The van der Waals surface area contributed by atoms with Crippen LogP contribution in [-0.2, 0) is 0 Å². The molecule has 1 aromatic carbocycles. The lowest BCUT2D eigenvalue weighted by molar-refractivity contribution is 0.102. The van der Waals surface area contributed by atoms with E-state index in [0.29, 0.717) is 10.9 Å². The molecule has 0 aliphatic rings. The summed E-state index contributed by atoms with van der Waals surface area (Å²) < 4.78 is 0. The maximum Gasteiger partial charge on any atom is 0.208 e. The molecule has 0 radical (unpaired) electrons. The Morgan fingerprint density at radius 2 is 2.24 bits per heavy atom. The van der Waals surface area contributed by atoms with Crippen molar-refractivity contribution in [3.8, 4) is 0 Å². The SMILES string of the molecule is Cc1cccc(C(=O)CSc2n[nH]c(C)n2)c1. The molecule has 0 bridgehead atoms. The van der Waals surface area contributed by atoms with E-state index in [2.05, 4.69) is 15.2 Å². The van der Waals surface area contributed by atoms with Crippen molar-refractivity contribution in [3.63, 3.8) is 0 Å². The highest BCUT2D eigenvalue weighted by Gasteiger charge is 2.08. The van der Waals surface area contributed by atoms with Gasteiger partial charge in [-0.05, 0) is 19.9 Å². The van der Waals surface area contributed by atoms with Crippen molar-refractivity contribution in [2.75, 3.05) is 5.75 Å². The molecule has 1 aromatic heterocycles. The molecule has 5 heteroatoms. The minimum absolute atomic E-state index is 0.0983. The summed E-state index contributed by atoms with van der Waals surface area (Å²) in [6.45, 7) is 3.81. The second-order valence-corrected chi connectivity index (χ2v) is 4.73. The average Bonchev–Trinajstić information content (AvgIpc) is 2.72. The van der Waals surface area contributed by atoms with Gasteiger partial charge in [0.15, 0.2) is 5.78 Å². The van der Waals surface area contributed by atoms with Crippen LogP contribution in [0.2, 0.25) is 0 Å².